The van der Waals surface area contributed by atoms with Crippen LogP contribution in [0.15, 0.2) is 0 Å². The van der Waals surface area contributed by atoms with Gasteiger partial charge in [-0.15, -0.1) is 0 Å². The summed E-state index contributed by atoms with van der Waals surface area (Å²) in [5, 5.41) is 0. The van der Waals surface area contributed by atoms with Crippen LogP contribution in [0, 0.1) is 5.92 Å². The average molecular weight is 327 g/mol. The SMILES string of the molecule is CCOC(=O)CCCCCCCCCCCCCCCC(C)C. The van der Waals surface area contributed by atoms with E-state index < -0.39 is 0 Å². The molecule has 0 aromatic heterocycles. The minimum atomic E-state index is -0.0308. The number of esters is 1. The summed E-state index contributed by atoms with van der Waals surface area (Å²) in [7, 11) is 0. The third kappa shape index (κ3) is 19.4. The quantitative estimate of drug-likeness (QED) is 0.211. The van der Waals surface area contributed by atoms with Gasteiger partial charge in [-0.1, -0.05) is 97.3 Å². The first-order valence-electron chi connectivity index (χ1n) is 10.3. The van der Waals surface area contributed by atoms with Gasteiger partial charge in [-0.3, -0.25) is 4.79 Å². The van der Waals surface area contributed by atoms with Crippen molar-refractivity contribution < 1.29 is 9.53 Å². The molecule has 0 aromatic carbocycles. The molecular formula is C21H42O2. The molecule has 0 aliphatic carbocycles. The Labute approximate surface area is 145 Å². The summed E-state index contributed by atoms with van der Waals surface area (Å²) in [5.74, 6) is 0.844. The van der Waals surface area contributed by atoms with E-state index in [0.29, 0.717) is 13.0 Å². The van der Waals surface area contributed by atoms with E-state index in [4.69, 9.17) is 4.74 Å². The highest BCUT2D eigenvalue weighted by Crippen LogP contribution is 2.14. The molecule has 2 heteroatoms. The third-order valence-electron chi connectivity index (χ3n) is 4.47. The van der Waals surface area contributed by atoms with Crippen molar-refractivity contribution in [3.8, 4) is 0 Å². The van der Waals surface area contributed by atoms with Gasteiger partial charge in [-0.05, 0) is 19.3 Å². The number of hydrogen-bond donors (Lipinski definition) is 0. The lowest BCUT2D eigenvalue weighted by Crippen LogP contribution is -2.03. The van der Waals surface area contributed by atoms with Gasteiger partial charge in [0.2, 0.25) is 0 Å². The Balaban J connectivity index is 3.04. The fraction of sp³-hybridized carbons (Fsp3) is 0.952. The minimum Gasteiger partial charge on any atom is -0.466 e. The van der Waals surface area contributed by atoms with Crippen LogP contribution >= 0.6 is 0 Å². The molecule has 0 fully saturated rings. The van der Waals surface area contributed by atoms with Crippen LogP contribution in [0.4, 0.5) is 0 Å². The normalized spacial score (nSPS) is 11.1. The summed E-state index contributed by atoms with van der Waals surface area (Å²) >= 11 is 0. The van der Waals surface area contributed by atoms with Crippen molar-refractivity contribution in [2.75, 3.05) is 6.61 Å². The number of unbranched alkanes of at least 4 members (excludes halogenated alkanes) is 12. The van der Waals surface area contributed by atoms with Crippen LogP contribution in [0.2, 0.25) is 0 Å². The van der Waals surface area contributed by atoms with Gasteiger partial charge in [0, 0.05) is 6.42 Å². The van der Waals surface area contributed by atoms with Crippen LogP contribution in [0.3, 0.4) is 0 Å². The van der Waals surface area contributed by atoms with Gasteiger partial charge >= 0.3 is 5.97 Å². The second-order valence-electron chi connectivity index (χ2n) is 7.33. The summed E-state index contributed by atoms with van der Waals surface area (Å²) in [6, 6.07) is 0. The van der Waals surface area contributed by atoms with Crippen LogP contribution in [0.5, 0.6) is 0 Å². The molecule has 23 heavy (non-hydrogen) atoms. The molecule has 0 unspecified atom stereocenters. The van der Waals surface area contributed by atoms with E-state index in [1.54, 1.807) is 0 Å². The van der Waals surface area contributed by atoms with E-state index in [-0.39, 0.29) is 5.97 Å². The minimum absolute atomic E-state index is 0.0308. The van der Waals surface area contributed by atoms with Gasteiger partial charge in [-0.25, -0.2) is 0 Å². The smallest absolute Gasteiger partial charge is 0.305 e. The number of rotatable bonds is 17. The van der Waals surface area contributed by atoms with Gasteiger partial charge in [0.15, 0.2) is 0 Å². The average Bonchev–Trinajstić information content (AvgIpc) is 2.51. The van der Waals surface area contributed by atoms with E-state index in [1.165, 1.54) is 83.5 Å². The van der Waals surface area contributed by atoms with Gasteiger partial charge < -0.3 is 4.74 Å². The maximum absolute atomic E-state index is 11.2. The van der Waals surface area contributed by atoms with Crippen LogP contribution in [-0.2, 0) is 9.53 Å². The van der Waals surface area contributed by atoms with Crippen LogP contribution < -0.4 is 0 Å². The Hall–Kier alpha value is -0.530. The lowest BCUT2D eigenvalue weighted by molar-refractivity contribution is -0.143. The summed E-state index contributed by atoms with van der Waals surface area (Å²) < 4.78 is 4.93. The van der Waals surface area contributed by atoms with Crippen LogP contribution in [0.1, 0.15) is 117 Å². The molecule has 0 saturated heterocycles. The van der Waals surface area contributed by atoms with Crippen molar-refractivity contribution in [3.05, 3.63) is 0 Å². The van der Waals surface area contributed by atoms with Crippen molar-refractivity contribution in [3.63, 3.8) is 0 Å². The van der Waals surface area contributed by atoms with Gasteiger partial charge in [-0.2, -0.15) is 0 Å². The first-order valence-corrected chi connectivity index (χ1v) is 10.3. The molecule has 138 valence electrons. The maximum Gasteiger partial charge on any atom is 0.305 e. The predicted molar refractivity (Wildman–Crippen MR) is 101 cm³/mol. The number of carbonyl (C=O) groups excluding carboxylic acids is 1. The van der Waals surface area contributed by atoms with E-state index in [2.05, 4.69) is 13.8 Å². The van der Waals surface area contributed by atoms with Gasteiger partial charge in [0.25, 0.3) is 0 Å². The summed E-state index contributed by atoms with van der Waals surface area (Å²) in [5.41, 5.74) is 0. The third-order valence-corrected chi connectivity index (χ3v) is 4.47. The van der Waals surface area contributed by atoms with Crippen molar-refractivity contribution in [2.24, 2.45) is 5.92 Å². The molecule has 0 heterocycles. The van der Waals surface area contributed by atoms with Crippen molar-refractivity contribution in [2.45, 2.75) is 117 Å². The van der Waals surface area contributed by atoms with E-state index >= 15 is 0 Å². The van der Waals surface area contributed by atoms with E-state index in [9.17, 15) is 4.79 Å². The zero-order valence-electron chi connectivity index (χ0n) is 16.2. The Kier molecular flexibility index (Phi) is 17.4. The van der Waals surface area contributed by atoms with E-state index in [0.717, 1.165) is 12.3 Å². The lowest BCUT2D eigenvalue weighted by Gasteiger charge is -2.05. The first-order chi connectivity index (χ1) is 11.2. The molecule has 0 bridgehead atoms. The summed E-state index contributed by atoms with van der Waals surface area (Å²) in [6.07, 6.45) is 19.5. The van der Waals surface area contributed by atoms with Crippen LogP contribution in [0.25, 0.3) is 0 Å². The summed E-state index contributed by atoms with van der Waals surface area (Å²) in [4.78, 5) is 11.2. The number of hydrogen-bond acceptors (Lipinski definition) is 2. The molecule has 0 spiro atoms. The lowest BCUT2D eigenvalue weighted by atomic mass is 10.0. The molecule has 2 nitrogen and oxygen atoms in total. The summed E-state index contributed by atoms with van der Waals surface area (Å²) in [6.45, 7) is 7.02. The largest absolute Gasteiger partial charge is 0.466 e. The van der Waals surface area contributed by atoms with Crippen LogP contribution in [-0.4, -0.2) is 12.6 Å². The molecule has 0 amide bonds. The molecule has 0 aliphatic heterocycles. The first kappa shape index (κ1) is 22.5. The molecule has 0 rings (SSSR count). The molecule has 0 atom stereocenters. The number of ether oxygens (including phenoxy) is 1. The zero-order valence-corrected chi connectivity index (χ0v) is 16.2. The number of carbonyl (C=O) groups is 1. The second kappa shape index (κ2) is 17.8. The predicted octanol–water partition coefficient (Wildman–Crippen LogP) is 7.06. The molecular weight excluding hydrogens is 284 g/mol. The van der Waals surface area contributed by atoms with Crippen molar-refractivity contribution in [1.29, 1.82) is 0 Å². The Morgan fingerprint density at radius 2 is 1.09 bits per heavy atom. The Bertz CT molecular complexity index is 248. The molecule has 0 aromatic rings. The van der Waals surface area contributed by atoms with E-state index in [1.807, 2.05) is 6.92 Å². The van der Waals surface area contributed by atoms with Crippen molar-refractivity contribution >= 4 is 5.97 Å². The standard InChI is InChI=1S/C21H42O2/c1-4-23-21(22)19-17-15-13-11-9-7-5-6-8-10-12-14-16-18-20(2)3/h20H,4-19H2,1-3H3. The molecule has 0 N–H and O–H groups in total. The van der Waals surface area contributed by atoms with Crippen molar-refractivity contribution in [1.82, 2.24) is 0 Å². The molecule has 0 aliphatic rings. The monoisotopic (exact) mass is 326 g/mol. The fourth-order valence-electron chi connectivity index (χ4n) is 3.00. The molecule has 0 saturated carbocycles. The zero-order chi connectivity index (χ0) is 17.2. The highest BCUT2D eigenvalue weighted by molar-refractivity contribution is 5.69. The fourth-order valence-corrected chi connectivity index (χ4v) is 3.00. The second-order valence-corrected chi connectivity index (χ2v) is 7.33. The highest BCUT2D eigenvalue weighted by Gasteiger charge is 2.00. The highest BCUT2D eigenvalue weighted by atomic mass is 16.5. The van der Waals surface area contributed by atoms with Gasteiger partial charge in [0.1, 0.15) is 0 Å². The maximum atomic E-state index is 11.2. The van der Waals surface area contributed by atoms with Gasteiger partial charge in [0.05, 0.1) is 6.61 Å². The molecule has 0 radical (unpaired) electrons. The topological polar surface area (TPSA) is 26.3 Å². The Morgan fingerprint density at radius 3 is 1.48 bits per heavy atom. The Morgan fingerprint density at radius 1 is 0.696 bits per heavy atom.